The zero-order valence-electron chi connectivity index (χ0n) is 14.7. The van der Waals surface area contributed by atoms with E-state index in [1.807, 2.05) is 4.90 Å². The number of nitrogens with one attached hydrogen (secondary N) is 1. The van der Waals surface area contributed by atoms with Crippen LogP contribution in [0.3, 0.4) is 0 Å². The van der Waals surface area contributed by atoms with E-state index in [1.165, 1.54) is 19.2 Å². The summed E-state index contributed by atoms with van der Waals surface area (Å²) in [5, 5.41) is 0.305. The summed E-state index contributed by atoms with van der Waals surface area (Å²) >= 11 is 5.95. The van der Waals surface area contributed by atoms with Gasteiger partial charge < -0.3 is 9.64 Å². The van der Waals surface area contributed by atoms with E-state index in [9.17, 15) is 13.2 Å². The summed E-state index contributed by atoms with van der Waals surface area (Å²) in [7, 11) is -2.46. The number of methoxy groups -OCH3 is 1. The molecule has 142 valence electrons. The lowest BCUT2D eigenvalue weighted by Crippen LogP contribution is -2.30. The Hall–Kier alpha value is -2.25. The highest BCUT2D eigenvalue weighted by Crippen LogP contribution is 2.37. The van der Waals surface area contributed by atoms with E-state index < -0.39 is 10.0 Å². The number of sulfonamides is 1. The fourth-order valence-corrected chi connectivity index (χ4v) is 4.80. The maximum absolute atomic E-state index is 12.8. The lowest BCUT2D eigenvalue weighted by Gasteiger charge is -2.17. The summed E-state index contributed by atoms with van der Waals surface area (Å²) in [6.07, 6.45) is 2.64. The maximum Gasteiger partial charge on any atom is 0.265 e. The zero-order chi connectivity index (χ0) is 19.2. The van der Waals surface area contributed by atoms with Crippen molar-refractivity contribution in [1.29, 1.82) is 0 Å². The number of carbonyl (C=O) groups excluding carboxylic acids is 1. The van der Waals surface area contributed by atoms with Gasteiger partial charge in [0.25, 0.3) is 10.0 Å². The molecule has 0 unspecified atom stereocenters. The number of carbonyl (C=O) groups is 1. The molecular weight excluding hydrogens is 388 g/mol. The van der Waals surface area contributed by atoms with Crippen LogP contribution in [-0.2, 0) is 21.2 Å². The monoisotopic (exact) mass is 406 g/mol. The van der Waals surface area contributed by atoms with Crippen molar-refractivity contribution in [3.8, 4) is 5.75 Å². The Morgan fingerprint density at radius 2 is 2.00 bits per heavy atom. The van der Waals surface area contributed by atoms with Crippen LogP contribution in [0.2, 0.25) is 5.02 Å². The van der Waals surface area contributed by atoms with Crippen molar-refractivity contribution < 1.29 is 17.9 Å². The van der Waals surface area contributed by atoms with E-state index >= 15 is 0 Å². The van der Waals surface area contributed by atoms with Crippen molar-refractivity contribution in [1.82, 2.24) is 0 Å². The maximum atomic E-state index is 12.8. The normalized spacial score (nSPS) is 16.1. The number of hydrogen-bond donors (Lipinski definition) is 1. The zero-order valence-corrected chi connectivity index (χ0v) is 16.3. The average molecular weight is 407 g/mol. The quantitative estimate of drug-likeness (QED) is 0.825. The molecule has 0 radical (unpaired) electrons. The molecule has 4 rings (SSSR count). The number of fused-ring (bicyclic) bond motifs is 1. The van der Waals surface area contributed by atoms with Crippen LogP contribution in [0.5, 0.6) is 5.75 Å². The third-order valence-electron chi connectivity index (χ3n) is 4.84. The van der Waals surface area contributed by atoms with E-state index in [0.29, 0.717) is 23.7 Å². The number of hydrogen-bond acceptors (Lipinski definition) is 4. The molecule has 0 atom stereocenters. The third kappa shape index (κ3) is 3.49. The molecule has 1 heterocycles. The minimum Gasteiger partial charge on any atom is -0.495 e. The molecule has 27 heavy (non-hydrogen) atoms. The predicted octanol–water partition coefficient (Wildman–Crippen LogP) is 3.45. The Labute approximate surface area is 163 Å². The Kier molecular flexibility index (Phi) is 4.52. The molecule has 6 nitrogen and oxygen atoms in total. The largest absolute Gasteiger partial charge is 0.495 e. The Bertz CT molecular complexity index is 1020. The number of anilines is 2. The van der Waals surface area contributed by atoms with Crippen LogP contribution < -0.4 is 14.4 Å². The first-order valence-electron chi connectivity index (χ1n) is 8.70. The molecule has 1 N–H and O–H groups in total. The number of rotatable bonds is 5. The molecule has 1 amide bonds. The molecule has 0 saturated heterocycles. The van der Waals surface area contributed by atoms with Crippen molar-refractivity contribution in [2.75, 3.05) is 23.3 Å². The fourth-order valence-electron chi connectivity index (χ4n) is 3.32. The lowest BCUT2D eigenvalue weighted by molar-refractivity contribution is -0.119. The molecule has 1 saturated carbocycles. The molecule has 1 aliphatic carbocycles. The van der Waals surface area contributed by atoms with Crippen molar-refractivity contribution in [2.24, 2.45) is 5.92 Å². The van der Waals surface area contributed by atoms with Gasteiger partial charge in [0, 0.05) is 28.9 Å². The molecule has 0 bridgehead atoms. The molecule has 2 aromatic carbocycles. The van der Waals surface area contributed by atoms with Crippen molar-refractivity contribution in [3.05, 3.63) is 47.0 Å². The topological polar surface area (TPSA) is 75.7 Å². The second kappa shape index (κ2) is 6.73. The number of halogens is 1. The van der Waals surface area contributed by atoms with E-state index in [2.05, 4.69) is 4.72 Å². The summed E-state index contributed by atoms with van der Waals surface area (Å²) in [6.45, 7) is 0.642. The van der Waals surface area contributed by atoms with Gasteiger partial charge in [-0.15, -0.1) is 0 Å². The van der Waals surface area contributed by atoms with Crippen molar-refractivity contribution >= 4 is 38.9 Å². The van der Waals surface area contributed by atoms with Crippen molar-refractivity contribution in [3.63, 3.8) is 0 Å². The van der Waals surface area contributed by atoms with Crippen molar-refractivity contribution in [2.45, 2.75) is 24.2 Å². The number of nitrogens with zero attached hydrogens (tertiary/aromatic N) is 1. The van der Waals surface area contributed by atoms with Gasteiger partial charge in [-0.1, -0.05) is 11.6 Å². The van der Waals surface area contributed by atoms with Crippen LogP contribution in [0.1, 0.15) is 18.4 Å². The van der Waals surface area contributed by atoms with Crippen LogP contribution in [0.4, 0.5) is 11.4 Å². The number of amides is 1. The van der Waals surface area contributed by atoms with Crippen LogP contribution >= 0.6 is 11.6 Å². The van der Waals surface area contributed by atoms with Gasteiger partial charge in [-0.2, -0.15) is 0 Å². The highest BCUT2D eigenvalue weighted by molar-refractivity contribution is 7.92. The Morgan fingerprint density at radius 3 is 2.70 bits per heavy atom. The first kappa shape index (κ1) is 18.1. The standard InChI is InChI=1S/C19H19ClN2O4S/c1-26-17-7-4-14(20)11-18(17)27(24,25)21-15-5-6-16-13(10-15)8-9-22(16)19(23)12-2-3-12/h4-7,10-12,21H,2-3,8-9H2,1H3. The van der Waals surface area contributed by atoms with Gasteiger partial charge in [-0.25, -0.2) is 8.42 Å². The van der Waals surface area contributed by atoms with Crippen LogP contribution in [0.25, 0.3) is 0 Å². The molecule has 1 aliphatic heterocycles. The molecule has 0 aromatic heterocycles. The van der Waals surface area contributed by atoms with Gasteiger partial charge in [-0.05, 0) is 61.2 Å². The highest BCUT2D eigenvalue weighted by atomic mass is 35.5. The van der Waals surface area contributed by atoms with Gasteiger partial charge >= 0.3 is 0 Å². The Balaban J connectivity index is 1.60. The smallest absolute Gasteiger partial charge is 0.265 e. The van der Waals surface area contributed by atoms with Gasteiger partial charge in [0.05, 0.1) is 7.11 Å². The second-order valence-corrected chi connectivity index (χ2v) is 8.85. The van der Waals surface area contributed by atoms with Gasteiger partial charge in [0.1, 0.15) is 10.6 Å². The van der Waals surface area contributed by atoms with Crippen LogP contribution in [0, 0.1) is 5.92 Å². The third-order valence-corrected chi connectivity index (χ3v) is 6.47. The van der Waals surface area contributed by atoms with Gasteiger partial charge in [-0.3, -0.25) is 9.52 Å². The summed E-state index contributed by atoms with van der Waals surface area (Å²) in [6, 6.07) is 9.69. The van der Waals surface area contributed by atoms with E-state index in [4.69, 9.17) is 16.3 Å². The molecule has 1 fully saturated rings. The Morgan fingerprint density at radius 1 is 1.22 bits per heavy atom. The fraction of sp³-hybridized carbons (Fsp3) is 0.316. The van der Waals surface area contributed by atoms with E-state index in [-0.39, 0.29) is 22.5 Å². The first-order chi connectivity index (χ1) is 12.9. The van der Waals surface area contributed by atoms with Gasteiger partial charge in [0.2, 0.25) is 5.91 Å². The molecule has 0 spiro atoms. The molecular formula is C19H19ClN2O4S. The molecule has 2 aliphatic rings. The minimum absolute atomic E-state index is 0.0245. The number of benzene rings is 2. The number of ether oxygens (including phenoxy) is 1. The average Bonchev–Trinajstić information content (AvgIpc) is 3.40. The summed E-state index contributed by atoms with van der Waals surface area (Å²) in [4.78, 5) is 14.1. The van der Waals surface area contributed by atoms with E-state index in [0.717, 1.165) is 24.1 Å². The summed E-state index contributed by atoms with van der Waals surface area (Å²) in [5.41, 5.74) is 2.27. The first-order valence-corrected chi connectivity index (χ1v) is 10.6. The van der Waals surface area contributed by atoms with E-state index in [1.54, 1.807) is 24.3 Å². The van der Waals surface area contributed by atoms with Gasteiger partial charge in [0.15, 0.2) is 0 Å². The summed E-state index contributed by atoms with van der Waals surface area (Å²) < 4.78 is 33.3. The lowest BCUT2D eigenvalue weighted by atomic mass is 10.1. The van der Waals surface area contributed by atoms with Crippen LogP contribution in [0.15, 0.2) is 41.3 Å². The highest BCUT2D eigenvalue weighted by Gasteiger charge is 2.36. The molecule has 2 aromatic rings. The minimum atomic E-state index is -3.87. The molecule has 8 heteroatoms. The summed E-state index contributed by atoms with van der Waals surface area (Å²) in [5.74, 6) is 0.546. The van der Waals surface area contributed by atoms with Crippen LogP contribution in [-0.4, -0.2) is 28.0 Å². The predicted molar refractivity (Wildman–Crippen MR) is 104 cm³/mol. The second-order valence-electron chi connectivity index (χ2n) is 6.76. The SMILES string of the molecule is COc1ccc(Cl)cc1S(=O)(=O)Nc1ccc2c(c1)CCN2C(=O)C1CC1.